The molecular weight excluding hydrogens is 271 g/mol. The van der Waals surface area contributed by atoms with E-state index in [2.05, 4.69) is 12.2 Å². The van der Waals surface area contributed by atoms with Gasteiger partial charge in [-0.3, -0.25) is 0 Å². The average Bonchev–Trinajstić information content (AvgIpc) is 2.50. The van der Waals surface area contributed by atoms with E-state index in [9.17, 15) is 4.39 Å². The van der Waals surface area contributed by atoms with Crippen molar-refractivity contribution in [3.05, 3.63) is 29.6 Å². The van der Waals surface area contributed by atoms with Gasteiger partial charge in [-0.2, -0.15) is 0 Å². The maximum Gasteiger partial charge on any atom is 0.146 e. The monoisotopic (exact) mass is 298 g/mol. The molecule has 1 N–H and O–H groups in total. The highest BCUT2D eigenvalue weighted by Gasteiger charge is 2.12. The number of nitrogens with zero attached hydrogens (tertiary/aromatic N) is 1. The van der Waals surface area contributed by atoms with Gasteiger partial charge in [0, 0.05) is 33.9 Å². The van der Waals surface area contributed by atoms with E-state index in [-0.39, 0.29) is 5.82 Å². The van der Waals surface area contributed by atoms with Gasteiger partial charge in [-0.25, -0.2) is 4.39 Å². The quantitative estimate of drug-likeness (QED) is 0.636. The molecule has 1 rings (SSSR count). The predicted octanol–water partition coefficient (Wildman–Crippen LogP) is 2.42. The highest BCUT2D eigenvalue weighted by molar-refractivity contribution is 5.50. The first kappa shape index (κ1) is 17.9. The first-order valence-electron chi connectivity index (χ1n) is 7.44. The van der Waals surface area contributed by atoms with Crippen LogP contribution in [0.15, 0.2) is 18.2 Å². The van der Waals surface area contributed by atoms with Crippen LogP contribution in [0.2, 0.25) is 0 Å². The van der Waals surface area contributed by atoms with Gasteiger partial charge in [0.25, 0.3) is 0 Å². The Labute approximate surface area is 127 Å². The van der Waals surface area contributed by atoms with E-state index < -0.39 is 0 Å². The summed E-state index contributed by atoms with van der Waals surface area (Å²) in [5.74, 6) is -0.207. The lowest BCUT2D eigenvalue weighted by Gasteiger charge is -2.25. The van der Waals surface area contributed by atoms with Crippen molar-refractivity contribution in [1.82, 2.24) is 5.32 Å². The minimum Gasteiger partial charge on any atom is -0.383 e. The van der Waals surface area contributed by atoms with Gasteiger partial charge in [0.15, 0.2) is 0 Å². The van der Waals surface area contributed by atoms with Gasteiger partial charge in [0.1, 0.15) is 5.82 Å². The van der Waals surface area contributed by atoms with Gasteiger partial charge >= 0.3 is 0 Å². The second-order valence-electron chi connectivity index (χ2n) is 4.94. The fraction of sp³-hybridized carbons (Fsp3) is 0.625. The van der Waals surface area contributed by atoms with Crippen LogP contribution >= 0.6 is 0 Å². The largest absolute Gasteiger partial charge is 0.383 e. The molecule has 21 heavy (non-hydrogen) atoms. The molecule has 4 nitrogen and oxygen atoms in total. The van der Waals surface area contributed by atoms with Crippen molar-refractivity contribution in [2.75, 3.05) is 52.0 Å². The van der Waals surface area contributed by atoms with Crippen LogP contribution in [0.1, 0.15) is 18.9 Å². The Morgan fingerprint density at radius 3 is 2.38 bits per heavy atom. The molecule has 0 saturated heterocycles. The molecule has 0 radical (unpaired) electrons. The number of halogens is 1. The smallest absolute Gasteiger partial charge is 0.146 e. The van der Waals surface area contributed by atoms with E-state index in [1.54, 1.807) is 14.2 Å². The number of hydrogen-bond donors (Lipinski definition) is 1. The van der Waals surface area contributed by atoms with Gasteiger partial charge in [-0.05, 0) is 30.7 Å². The normalized spacial score (nSPS) is 10.9. The van der Waals surface area contributed by atoms with Crippen molar-refractivity contribution >= 4 is 5.69 Å². The van der Waals surface area contributed by atoms with E-state index >= 15 is 0 Å². The first-order chi connectivity index (χ1) is 10.2. The highest BCUT2D eigenvalue weighted by atomic mass is 19.1. The van der Waals surface area contributed by atoms with Crippen LogP contribution in [0.3, 0.4) is 0 Å². The molecule has 0 aliphatic heterocycles. The SMILES string of the molecule is CCCNCc1ccc(F)c(N(CCOC)CCOC)c1. The van der Waals surface area contributed by atoms with Gasteiger partial charge in [0.05, 0.1) is 18.9 Å². The summed E-state index contributed by atoms with van der Waals surface area (Å²) >= 11 is 0. The fourth-order valence-electron chi connectivity index (χ4n) is 2.08. The standard InChI is InChI=1S/C16H27FN2O2/c1-4-7-18-13-14-5-6-15(17)16(12-14)19(8-10-20-2)9-11-21-3/h5-6,12,18H,4,7-11,13H2,1-3H3. The van der Waals surface area contributed by atoms with Crippen molar-refractivity contribution in [3.63, 3.8) is 0 Å². The lowest BCUT2D eigenvalue weighted by molar-refractivity contribution is 0.190. The average molecular weight is 298 g/mol. The van der Waals surface area contributed by atoms with Crippen LogP contribution in [0, 0.1) is 5.82 Å². The van der Waals surface area contributed by atoms with E-state index in [0.29, 0.717) is 32.0 Å². The molecule has 0 atom stereocenters. The van der Waals surface area contributed by atoms with Crippen LogP contribution in [-0.2, 0) is 16.0 Å². The molecule has 0 spiro atoms. The number of anilines is 1. The Balaban J connectivity index is 2.80. The Kier molecular flexibility index (Phi) is 8.98. The minimum atomic E-state index is -0.207. The van der Waals surface area contributed by atoms with E-state index in [4.69, 9.17) is 9.47 Å². The van der Waals surface area contributed by atoms with Crippen molar-refractivity contribution in [3.8, 4) is 0 Å². The molecule has 0 aliphatic carbocycles. The molecule has 0 unspecified atom stereocenters. The second-order valence-corrected chi connectivity index (χ2v) is 4.94. The summed E-state index contributed by atoms with van der Waals surface area (Å²) in [6, 6.07) is 5.26. The van der Waals surface area contributed by atoms with E-state index in [0.717, 1.165) is 25.1 Å². The van der Waals surface area contributed by atoms with Gasteiger partial charge in [-0.1, -0.05) is 13.0 Å². The molecule has 0 aliphatic rings. The zero-order valence-electron chi connectivity index (χ0n) is 13.3. The van der Waals surface area contributed by atoms with Crippen molar-refractivity contribution in [2.24, 2.45) is 0 Å². The second kappa shape index (κ2) is 10.5. The Bertz CT molecular complexity index is 394. The minimum absolute atomic E-state index is 0.207. The van der Waals surface area contributed by atoms with Crippen LogP contribution in [0.5, 0.6) is 0 Å². The third kappa shape index (κ3) is 6.42. The number of nitrogens with one attached hydrogen (secondary N) is 1. The molecule has 1 aromatic carbocycles. The molecule has 0 heterocycles. The zero-order chi connectivity index (χ0) is 15.5. The molecule has 120 valence electrons. The predicted molar refractivity (Wildman–Crippen MR) is 84.4 cm³/mol. The third-order valence-electron chi connectivity index (χ3n) is 3.24. The maximum atomic E-state index is 14.1. The number of hydrogen-bond acceptors (Lipinski definition) is 4. The maximum absolute atomic E-state index is 14.1. The first-order valence-corrected chi connectivity index (χ1v) is 7.44. The molecule has 5 heteroatoms. The van der Waals surface area contributed by atoms with Crippen molar-refractivity contribution in [2.45, 2.75) is 19.9 Å². The van der Waals surface area contributed by atoms with Gasteiger partial charge < -0.3 is 19.7 Å². The zero-order valence-corrected chi connectivity index (χ0v) is 13.3. The van der Waals surface area contributed by atoms with Gasteiger partial charge in [0.2, 0.25) is 0 Å². The molecule has 0 saturated carbocycles. The van der Waals surface area contributed by atoms with Crippen molar-refractivity contribution < 1.29 is 13.9 Å². The highest BCUT2D eigenvalue weighted by Crippen LogP contribution is 2.21. The molecule has 0 aromatic heterocycles. The number of rotatable bonds is 11. The van der Waals surface area contributed by atoms with Crippen LogP contribution in [0.25, 0.3) is 0 Å². The van der Waals surface area contributed by atoms with Crippen LogP contribution < -0.4 is 10.2 Å². The van der Waals surface area contributed by atoms with E-state index in [1.165, 1.54) is 6.07 Å². The van der Waals surface area contributed by atoms with Gasteiger partial charge in [-0.15, -0.1) is 0 Å². The summed E-state index contributed by atoms with van der Waals surface area (Å²) < 4.78 is 24.3. The Hall–Kier alpha value is -1.17. The number of ether oxygens (including phenoxy) is 2. The summed E-state index contributed by atoms with van der Waals surface area (Å²) in [7, 11) is 3.30. The summed E-state index contributed by atoms with van der Waals surface area (Å²) in [5, 5.41) is 3.33. The molecule has 0 amide bonds. The summed E-state index contributed by atoms with van der Waals surface area (Å²) in [5.41, 5.74) is 1.69. The van der Waals surface area contributed by atoms with Crippen LogP contribution in [-0.4, -0.2) is 47.1 Å². The third-order valence-corrected chi connectivity index (χ3v) is 3.24. The lowest BCUT2D eigenvalue weighted by Crippen LogP contribution is -2.31. The lowest BCUT2D eigenvalue weighted by atomic mass is 10.1. The van der Waals surface area contributed by atoms with Crippen molar-refractivity contribution in [1.29, 1.82) is 0 Å². The van der Waals surface area contributed by atoms with E-state index in [1.807, 2.05) is 17.0 Å². The molecule has 0 bridgehead atoms. The molecule has 0 fully saturated rings. The fourth-order valence-corrected chi connectivity index (χ4v) is 2.08. The summed E-state index contributed by atoms with van der Waals surface area (Å²) in [6.45, 7) is 6.24. The Morgan fingerprint density at radius 2 is 1.81 bits per heavy atom. The number of methoxy groups -OCH3 is 2. The molecular formula is C16H27FN2O2. The summed E-state index contributed by atoms with van der Waals surface area (Å²) in [4.78, 5) is 1.96. The Morgan fingerprint density at radius 1 is 1.14 bits per heavy atom. The molecule has 1 aromatic rings. The van der Waals surface area contributed by atoms with Crippen LogP contribution in [0.4, 0.5) is 10.1 Å². The topological polar surface area (TPSA) is 33.7 Å². The number of benzene rings is 1. The summed E-state index contributed by atoms with van der Waals surface area (Å²) in [6.07, 6.45) is 1.09.